The number of hydrogen-bond acceptors (Lipinski definition) is 4. The lowest BCUT2D eigenvalue weighted by Gasteiger charge is -2.05. The second-order valence-corrected chi connectivity index (χ2v) is 5.28. The van der Waals surface area contributed by atoms with E-state index in [9.17, 15) is 0 Å². The van der Waals surface area contributed by atoms with E-state index in [0.717, 1.165) is 27.7 Å². The largest absolute Gasteiger partial charge is 0.486 e. The van der Waals surface area contributed by atoms with E-state index in [4.69, 9.17) is 10.5 Å². The molecule has 0 bridgehead atoms. The molecule has 18 heavy (non-hydrogen) atoms. The van der Waals surface area contributed by atoms with Crippen LogP contribution in [0.5, 0.6) is 5.75 Å². The maximum Gasteiger partial charge on any atom is 0.140 e. The molecular weight excluding hydrogens is 244 g/mol. The highest BCUT2D eigenvalue weighted by molar-refractivity contribution is 7.11. The summed E-state index contributed by atoms with van der Waals surface area (Å²) in [6.07, 6.45) is 1.02. The van der Waals surface area contributed by atoms with E-state index in [-0.39, 0.29) is 0 Å². The van der Waals surface area contributed by atoms with Gasteiger partial charge in [-0.2, -0.15) is 0 Å². The van der Waals surface area contributed by atoms with Gasteiger partial charge in [-0.1, -0.05) is 19.1 Å². The number of thiazole rings is 1. The third-order valence-electron chi connectivity index (χ3n) is 2.79. The Bertz CT molecular complexity index is 522. The van der Waals surface area contributed by atoms with E-state index in [2.05, 4.69) is 24.0 Å². The van der Waals surface area contributed by atoms with Crippen molar-refractivity contribution in [2.24, 2.45) is 5.73 Å². The molecule has 0 amide bonds. The highest BCUT2D eigenvalue weighted by Gasteiger charge is 2.06. The van der Waals surface area contributed by atoms with Crippen LogP contribution in [0.15, 0.2) is 24.3 Å². The zero-order chi connectivity index (χ0) is 13.0. The van der Waals surface area contributed by atoms with Gasteiger partial charge in [-0.05, 0) is 31.0 Å². The lowest BCUT2D eigenvalue weighted by molar-refractivity contribution is 0.305. The monoisotopic (exact) mass is 262 g/mol. The van der Waals surface area contributed by atoms with Crippen molar-refractivity contribution in [1.82, 2.24) is 4.98 Å². The predicted molar refractivity (Wildman–Crippen MR) is 74.9 cm³/mol. The molecule has 2 aromatic rings. The molecule has 3 nitrogen and oxygen atoms in total. The van der Waals surface area contributed by atoms with Gasteiger partial charge in [0, 0.05) is 11.4 Å². The van der Waals surface area contributed by atoms with Gasteiger partial charge in [-0.3, -0.25) is 0 Å². The predicted octanol–water partition coefficient (Wildman–Crippen LogP) is 3.05. The highest BCUT2D eigenvalue weighted by atomic mass is 32.1. The molecule has 2 N–H and O–H groups in total. The molecule has 2 rings (SSSR count). The maximum atomic E-state index is 5.75. The molecule has 1 aromatic carbocycles. The molecule has 1 heterocycles. The molecule has 0 radical (unpaired) electrons. The van der Waals surface area contributed by atoms with Crippen LogP contribution in [0.25, 0.3) is 0 Å². The molecule has 0 aliphatic carbocycles. The standard InChI is InChI=1S/C14H18N2OS/c1-3-11-5-4-6-12(7-11)17-9-14-16-10(2)13(8-15)18-14/h4-7H,3,8-9,15H2,1-2H3. The minimum atomic E-state index is 0.513. The van der Waals surface area contributed by atoms with Gasteiger partial charge in [0.25, 0.3) is 0 Å². The smallest absolute Gasteiger partial charge is 0.140 e. The molecule has 0 atom stereocenters. The Balaban J connectivity index is 2.01. The van der Waals surface area contributed by atoms with Crippen molar-refractivity contribution in [2.45, 2.75) is 33.4 Å². The summed E-state index contributed by atoms with van der Waals surface area (Å²) in [6.45, 7) is 5.18. The van der Waals surface area contributed by atoms with Crippen molar-refractivity contribution in [3.8, 4) is 5.75 Å². The maximum absolute atomic E-state index is 5.75. The van der Waals surface area contributed by atoms with Gasteiger partial charge in [0.15, 0.2) is 0 Å². The van der Waals surface area contributed by atoms with Crippen LogP contribution >= 0.6 is 11.3 Å². The number of rotatable bonds is 5. The number of ether oxygens (including phenoxy) is 1. The lowest BCUT2D eigenvalue weighted by atomic mass is 10.2. The normalized spacial score (nSPS) is 10.6. The van der Waals surface area contributed by atoms with Crippen LogP contribution in [0.4, 0.5) is 0 Å². The fourth-order valence-corrected chi connectivity index (χ4v) is 2.60. The van der Waals surface area contributed by atoms with Gasteiger partial charge < -0.3 is 10.5 Å². The number of nitrogens with zero attached hydrogens (tertiary/aromatic N) is 1. The van der Waals surface area contributed by atoms with Gasteiger partial charge in [0.05, 0.1) is 5.69 Å². The van der Waals surface area contributed by atoms with Crippen LogP contribution < -0.4 is 10.5 Å². The summed E-state index contributed by atoms with van der Waals surface area (Å²) in [7, 11) is 0. The number of aryl methyl sites for hydroxylation is 2. The second-order valence-electron chi connectivity index (χ2n) is 4.11. The molecule has 0 unspecified atom stereocenters. The van der Waals surface area contributed by atoms with E-state index >= 15 is 0 Å². The topological polar surface area (TPSA) is 48.1 Å². The van der Waals surface area contributed by atoms with Gasteiger partial charge in [-0.15, -0.1) is 11.3 Å². The van der Waals surface area contributed by atoms with Crippen molar-refractivity contribution in [3.05, 3.63) is 45.4 Å². The Morgan fingerprint density at radius 3 is 2.89 bits per heavy atom. The third kappa shape index (κ3) is 3.09. The van der Waals surface area contributed by atoms with Crippen LogP contribution in [0, 0.1) is 6.92 Å². The number of hydrogen-bond donors (Lipinski definition) is 1. The van der Waals surface area contributed by atoms with Crippen LogP contribution in [0.2, 0.25) is 0 Å². The number of aromatic nitrogens is 1. The van der Waals surface area contributed by atoms with E-state index in [1.165, 1.54) is 5.56 Å². The van der Waals surface area contributed by atoms with Crippen molar-refractivity contribution >= 4 is 11.3 Å². The molecule has 0 saturated heterocycles. The first-order valence-electron chi connectivity index (χ1n) is 6.10. The summed E-state index contributed by atoms with van der Waals surface area (Å²) in [5.74, 6) is 0.900. The third-order valence-corrected chi connectivity index (χ3v) is 3.94. The molecule has 96 valence electrons. The Hall–Kier alpha value is -1.39. The fourth-order valence-electron chi connectivity index (χ4n) is 1.74. The first kappa shape index (κ1) is 13.1. The minimum absolute atomic E-state index is 0.513. The lowest BCUT2D eigenvalue weighted by Crippen LogP contribution is -1.95. The van der Waals surface area contributed by atoms with E-state index < -0.39 is 0 Å². The average molecular weight is 262 g/mol. The van der Waals surface area contributed by atoms with Gasteiger partial charge in [-0.25, -0.2) is 4.98 Å². The Morgan fingerprint density at radius 1 is 1.39 bits per heavy atom. The second kappa shape index (κ2) is 5.98. The Morgan fingerprint density at radius 2 is 2.22 bits per heavy atom. The molecule has 0 fully saturated rings. The average Bonchev–Trinajstić information content (AvgIpc) is 2.77. The molecule has 0 spiro atoms. The Kier molecular flexibility index (Phi) is 4.33. The quantitative estimate of drug-likeness (QED) is 0.901. The van der Waals surface area contributed by atoms with Crippen LogP contribution in [-0.2, 0) is 19.6 Å². The summed E-state index contributed by atoms with van der Waals surface area (Å²) in [5, 5.41) is 0.981. The fraction of sp³-hybridized carbons (Fsp3) is 0.357. The van der Waals surface area contributed by atoms with E-state index in [1.54, 1.807) is 11.3 Å². The van der Waals surface area contributed by atoms with Crippen molar-refractivity contribution in [3.63, 3.8) is 0 Å². The summed E-state index contributed by atoms with van der Waals surface area (Å²) >= 11 is 1.63. The van der Waals surface area contributed by atoms with Crippen molar-refractivity contribution in [1.29, 1.82) is 0 Å². The first-order chi connectivity index (χ1) is 8.72. The summed E-state index contributed by atoms with van der Waals surface area (Å²) in [4.78, 5) is 5.59. The first-order valence-corrected chi connectivity index (χ1v) is 6.91. The molecule has 0 aliphatic heterocycles. The van der Waals surface area contributed by atoms with Crippen LogP contribution in [-0.4, -0.2) is 4.98 Å². The van der Waals surface area contributed by atoms with Crippen molar-refractivity contribution < 1.29 is 4.74 Å². The van der Waals surface area contributed by atoms with Crippen LogP contribution in [0.1, 0.15) is 28.1 Å². The minimum Gasteiger partial charge on any atom is -0.486 e. The van der Waals surface area contributed by atoms with E-state index in [0.29, 0.717) is 13.2 Å². The highest BCUT2D eigenvalue weighted by Crippen LogP contribution is 2.20. The molecule has 1 aromatic heterocycles. The molecule has 0 saturated carbocycles. The SMILES string of the molecule is CCc1cccc(OCc2nc(C)c(CN)s2)c1. The number of benzene rings is 1. The zero-order valence-corrected chi connectivity index (χ0v) is 11.6. The van der Waals surface area contributed by atoms with Gasteiger partial charge in [0.2, 0.25) is 0 Å². The molecule has 0 aliphatic rings. The van der Waals surface area contributed by atoms with Crippen LogP contribution in [0.3, 0.4) is 0 Å². The molecular formula is C14H18N2OS. The zero-order valence-electron chi connectivity index (χ0n) is 10.8. The number of nitrogens with two attached hydrogens (primary N) is 1. The molecule has 4 heteroatoms. The van der Waals surface area contributed by atoms with Gasteiger partial charge in [0.1, 0.15) is 17.4 Å². The van der Waals surface area contributed by atoms with Crippen molar-refractivity contribution in [2.75, 3.05) is 0 Å². The van der Waals surface area contributed by atoms with E-state index in [1.807, 2.05) is 19.1 Å². The summed E-state index contributed by atoms with van der Waals surface area (Å²) < 4.78 is 5.75. The Labute approximate surface area is 112 Å². The summed E-state index contributed by atoms with van der Waals surface area (Å²) in [5.41, 5.74) is 7.94. The van der Waals surface area contributed by atoms with Gasteiger partial charge >= 0.3 is 0 Å². The summed E-state index contributed by atoms with van der Waals surface area (Å²) in [6, 6.07) is 8.17.